The predicted octanol–water partition coefficient (Wildman–Crippen LogP) is 2.16. The third-order valence-corrected chi connectivity index (χ3v) is 3.78. The monoisotopic (exact) mass is 268 g/mol. The average molecular weight is 268 g/mol. The van der Waals surface area contributed by atoms with Crippen molar-refractivity contribution in [3.05, 3.63) is 0 Å². The van der Waals surface area contributed by atoms with Crippen LogP contribution in [0.3, 0.4) is 0 Å². The number of hydrogen-bond acceptors (Lipinski definition) is 3. The van der Waals surface area contributed by atoms with Crippen molar-refractivity contribution in [2.45, 2.75) is 53.5 Å². The van der Waals surface area contributed by atoms with Crippen molar-refractivity contribution in [3.63, 3.8) is 0 Å². The highest BCUT2D eigenvalue weighted by molar-refractivity contribution is 6.16. The largest absolute Gasteiger partial charge is 0.331 e. The van der Waals surface area contributed by atoms with E-state index in [1.165, 1.54) is 4.90 Å². The van der Waals surface area contributed by atoms with E-state index in [1.54, 1.807) is 0 Å². The highest BCUT2D eigenvalue weighted by Crippen LogP contribution is 2.23. The fraction of sp³-hybridized carbons (Fsp3) is 0.786. The normalized spacial score (nSPS) is 23.6. The Hall–Kier alpha value is -1.39. The van der Waals surface area contributed by atoms with Crippen molar-refractivity contribution in [3.8, 4) is 0 Å². The summed E-state index contributed by atoms with van der Waals surface area (Å²) in [4.78, 5) is 37.2. The molecule has 0 bridgehead atoms. The second-order valence-electron chi connectivity index (χ2n) is 5.82. The van der Waals surface area contributed by atoms with Crippen LogP contribution in [0.4, 0.5) is 4.79 Å². The Morgan fingerprint density at radius 2 is 1.74 bits per heavy atom. The van der Waals surface area contributed by atoms with Gasteiger partial charge in [-0.2, -0.15) is 0 Å². The molecule has 3 unspecified atom stereocenters. The first-order valence-corrected chi connectivity index (χ1v) is 6.97. The van der Waals surface area contributed by atoms with Gasteiger partial charge in [0.05, 0.1) is 0 Å². The van der Waals surface area contributed by atoms with Crippen LogP contribution in [0.1, 0.15) is 47.5 Å². The Labute approximate surface area is 114 Å². The van der Waals surface area contributed by atoms with E-state index >= 15 is 0 Å². The third kappa shape index (κ3) is 3.33. The zero-order valence-corrected chi connectivity index (χ0v) is 12.4. The molecule has 1 N–H and O–H groups in total. The molecule has 3 atom stereocenters. The quantitative estimate of drug-likeness (QED) is 0.777. The zero-order valence-electron chi connectivity index (χ0n) is 12.4. The van der Waals surface area contributed by atoms with Crippen LogP contribution < -0.4 is 5.32 Å². The molecular weight excluding hydrogens is 244 g/mol. The highest BCUT2D eigenvalue weighted by Gasteiger charge is 2.43. The molecule has 0 spiro atoms. The summed E-state index contributed by atoms with van der Waals surface area (Å²) in [7, 11) is 0. The van der Waals surface area contributed by atoms with Crippen molar-refractivity contribution >= 4 is 17.8 Å². The van der Waals surface area contributed by atoms with Crippen molar-refractivity contribution in [1.29, 1.82) is 0 Å². The molecule has 0 aliphatic carbocycles. The van der Waals surface area contributed by atoms with Crippen LogP contribution in [-0.4, -0.2) is 28.8 Å². The van der Waals surface area contributed by atoms with Crippen LogP contribution in [0.5, 0.6) is 0 Å². The van der Waals surface area contributed by atoms with E-state index in [-0.39, 0.29) is 17.9 Å². The number of barbiturate groups is 1. The Balaban J connectivity index is 2.89. The predicted molar refractivity (Wildman–Crippen MR) is 72.2 cm³/mol. The van der Waals surface area contributed by atoms with E-state index in [0.29, 0.717) is 5.92 Å². The summed E-state index contributed by atoms with van der Waals surface area (Å²) in [5, 5.41) is 2.29. The number of carbonyl (C=O) groups is 3. The van der Waals surface area contributed by atoms with Crippen LogP contribution >= 0.6 is 0 Å². The maximum absolute atomic E-state index is 12.3. The number of rotatable bonds is 5. The summed E-state index contributed by atoms with van der Waals surface area (Å²) in [5.74, 6) is -1.27. The standard InChI is InChI=1S/C14H24N2O3/c1-6-9(4)7-10(5)16-13(18)11(8(2)3)12(17)15-14(16)19/h8-11H,6-7H2,1-5H3,(H,15,17,19). The van der Waals surface area contributed by atoms with Gasteiger partial charge in [0.1, 0.15) is 5.92 Å². The maximum Gasteiger partial charge on any atom is 0.331 e. The van der Waals surface area contributed by atoms with Gasteiger partial charge in [-0.15, -0.1) is 0 Å². The van der Waals surface area contributed by atoms with Gasteiger partial charge in [0, 0.05) is 6.04 Å². The molecule has 0 aromatic rings. The average Bonchev–Trinajstić information content (AvgIpc) is 2.26. The van der Waals surface area contributed by atoms with Crippen LogP contribution in [0.15, 0.2) is 0 Å². The van der Waals surface area contributed by atoms with E-state index < -0.39 is 17.9 Å². The summed E-state index contributed by atoms with van der Waals surface area (Å²) < 4.78 is 0. The van der Waals surface area contributed by atoms with Crippen LogP contribution in [-0.2, 0) is 9.59 Å². The van der Waals surface area contributed by atoms with Gasteiger partial charge in [0.2, 0.25) is 11.8 Å². The van der Waals surface area contributed by atoms with Crippen molar-refractivity contribution in [2.24, 2.45) is 17.8 Å². The number of carbonyl (C=O) groups excluding carboxylic acids is 3. The molecule has 5 nitrogen and oxygen atoms in total. The molecule has 0 radical (unpaired) electrons. The number of hydrogen-bond donors (Lipinski definition) is 1. The minimum Gasteiger partial charge on any atom is -0.277 e. The number of imide groups is 2. The highest BCUT2D eigenvalue weighted by atomic mass is 16.2. The molecule has 5 heteroatoms. The van der Waals surface area contributed by atoms with Gasteiger partial charge in [-0.05, 0) is 25.2 Å². The first-order valence-electron chi connectivity index (χ1n) is 6.97. The Morgan fingerprint density at radius 1 is 1.16 bits per heavy atom. The topological polar surface area (TPSA) is 66.5 Å². The fourth-order valence-electron chi connectivity index (χ4n) is 2.47. The van der Waals surface area contributed by atoms with E-state index in [9.17, 15) is 14.4 Å². The lowest BCUT2D eigenvalue weighted by atomic mass is 9.90. The zero-order chi connectivity index (χ0) is 14.7. The molecule has 1 fully saturated rings. The maximum atomic E-state index is 12.3. The van der Waals surface area contributed by atoms with Gasteiger partial charge in [-0.1, -0.05) is 34.1 Å². The van der Waals surface area contributed by atoms with Crippen molar-refractivity contribution in [1.82, 2.24) is 10.2 Å². The summed E-state index contributed by atoms with van der Waals surface area (Å²) >= 11 is 0. The van der Waals surface area contributed by atoms with E-state index in [2.05, 4.69) is 19.2 Å². The fourth-order valence-corrected chi connectivity index (χ4v) is 2.47. The molecule has 108 valence electrons. The number of amides is 4. The second-order valence-corrected chi connectivity index (χ2v) is 5.82. The van der Waals surface area contributed by atoms with E-state index in [0.717, 1.165) is 12.8 Å². The van der Waals surface area contributed by atoms with Gasteiger partial charge in [-0.25, -0.2) is 4.79 Å². The van der Waals surface area contributed by atoms with Crippen LogP contribution in [0.2, 0.25) is 0 Å². The molecule has 0 aromatic heterocycles. The molecule has 1 aliphatic rings. The number of urea groups is 1. The van der Waals surface area contributed by atoms with Gasteiger partial charge in [0.25, 0.3) is 0 Å². The number of nitrogens with zero attached hydrogens (tertiary/aromatic N) is 1. The molecule has 1 aliphatic heterocycles. The Morgan fingerprint density at radius 3 is 2.21 bits per heavy atom. The van der Waals surface area contributed by atoms with Crippen molar-refractivity contribution < 1.29 is 14.4 Å². The van der Waals surface area contributed by atoms with Gasteiger partial charge < -0.3 is 0 Å². The lowest BCUT2D eigenvalue weighted by Gasteiger charge is -2.36. The second kappa shape index (κ2) is 6.17. The van der Waals surface area contributed by atoms with Gasteiger partial charge in [0.15, 0.2) is 0 Å². The molecule has 1 saturated heterocycles. The lowest BCUT2D eigenvalue weighted by Crippen LogP contribution is -2.61. The summed E-state index contributed by atoms with van der Waals surface area (Å²) in [5.41, 5.74) is 0. The van der Waals surface area contributed by atoms with E-state index in [4.69, 9.17) is 0 Å². The minimum absolute atomic E-state index is 0.112. The summed E-state index contributed by atoms with van der Waals surface area (Å²) in [6.45, 7) is 9.66. The van der Waals surface area contributed by atoms with Gasteiger partial charge in [-0.3, -0.25) is 19.8 Å². The molecule has 0 saturated carbocycles. The summed E-state index contributed by atoms with van der Waals surface area (Å²) in [6, 6.07) is -0.764. The van der Waals surface area contributed by atoms with Crippen molar-refractivity contribution in [2.75, 3.05) is 0 Å². The Kier molecular flexibility index (Phi) is 5.09. The first-order chi connectivity index (χ1) is 8.79. The number of nitrogens with one attached hydrogen (secondary N) is 1. The molecule has 1 heterocycles. The lowest BCUT2D eigenvalue weighted by molar-refractivity contribution is -0.145. The van der Waals surface area contributed by atoms with Crippen LogP contribution in [0, 0.1) is 17.8 Å². The van der Waals surface area contributed by atoms with Crippen LogP contribution in [0.25, 0.3) is 0 Å². The molecule has 19 heavy (non-hydrogen) atoms. The SMILES string of the molecule is CCC(C)CC(C)N1C(=O)NC(=O)C(C(C)C)C1=O. The Bertz CT molecular complexity index is 379. The van der Waals surface area contributed by atoms with E-state index in [1.807, 2.05) is 20.8 Å². The summed E-state index contributed by atoms with van der Waals surface area (Å²) in [6.07, 6.45) is 1.76. The molecule has 1 rings (SSSR count). The molecule has 0 aromatic carbocycles. The minimum atomic E-state index is -0.753. The smallest absolute Gasteiger partial charge is 0.277 e. The first kappa shape index (κ1) is 15.7. The molecule has 4 amide bonds. The molecular formula is C14H24N2O3. The van der Waals surface area contributed by atoms with Gasteiger partial charge >= 0.3 is 6.03 Å². The third-order valence-electron chi connectivity index (χ3n) is 3.78.